The van der Waals surface area contributed by atoms with Crippen LogP contribution in [0.5, 0.6) is 0 Å². The zero-order chi connectivity index (χ0) is 29.4. The lowest BCUT2D eigenvalue weighted by atomic mass is 9.94. The fourth-order valence-corrected chi connectivity index (χ4v) is 3.49. The van der Waals surface area contributed by atoms with Crippen molar-refractivity contribution in [3.05, 3.63) is 76.8 Å². The Morgan fingerprint density at radius 1 is 0.923 bits per heavy atom. The van der Waals surface area contributed by atoms with Crippen molar-refractivity contribution in [3.63, 3.8) is 0 Å². The number of rotatable bonds is 11. The highest BCUT2D eigenvalue weighted by Gasteiger charge is 2.52. The molecule has 210 valence electrons. The molecule has 2 aromatic rings. The minimum atomic E-state index is -4.98. The third kappa shape index (κ3) is 9.47. The Morgan fingerprint density at radius 3 is 2.13 bits per heavy atom. The predicted molar refractivity (Wildman–Crippen MR) is 134 cm³/mol. The van der Waals surface area contributed by atoms with E-state index in [0.29, 0.717) is 10.6 Å². The molecule has 0 aliphatic carbocycles. The van der Waals surface area contributed by atoms with E-state index in [-0.39, 0.29) is 5.56 Å². The first kappa shape index (κ1) is 31.4. The first-order chi connectivity index (χ1) is 18.1. The first-order valence-electron chi connectivity index (χ1n) is 11.5. The molecule has 0 heterocycles. The van der Waals surface area contributed by atoms with Crippen LogP contribution in [0.4, 0.5) is 22.0 Å². The summed E-state index contributed by atoms with van der Waals surface area (Å²) in [5.74, 6) is -12.3. The number of carbonyl (C=O) groups is 4. The maximum absolute atomic E-state index is 14.5. The summed E-state index contributed by atoms with van der Waals surface area (Å²) in [7, 11) is 0. The van der Waals surface area contributed by atoms with Crippen LogP contribution < -0.4 is 16.0 Å². The Kier molecular flexibility index (Phi) is 10.7. The SMILES string of the molecule is CC(C)[C@H](NC(=O)[C@@H](NC(=O)/C=C/c1cccc(Cl)c1)c1ccccc1)C(=O)C(F)(F)C(=O)NCC(F)(F)F. The number of amides is 3. The van der Waals surface area contributed by atoms with Crippen LogP contribution in [0.25, 0.3) is 6.08 Å². The Balaban J connectivity index is 2.25. The molecular weight excluding hydrogens is 549 g/mol. The molecule has 0 saturated carbocycles. The van der Waals surface area contributed by atoms with Gasteiger partial charge in [0.05, 0.1) is 6.04 Å². The van der Waals surface area contributed by atoms with E-state index in [4.69, 9.17) is 11.6 Å². The highest BCUT2D eigenvalue weighted by atomic mass is 35.5. The van der Waals surface area contributed by atoms with Crippen LogP contribution in [0.1, 0.15) is 31.0 Å². The minimum absolute atomic E-state index is 0.240. The molecular formula is C26H25ClF5N3O4. The number of hydrogen-bond donors (Lipinski definition) is 3. The number of halogens is 6. The molecule has 2 atom stereocenters. The molecule has 2 aromatic carbocycles. The zero-order valence-electron chi connectivity index (χ0n) is 20.7. The third-order valence-electron chi connectivity index (χ3n) is 5.25. The second-order valence-corrected chi connectivity index (χ2v) is 9.14. The van der Waals surface area contributed by atoms with Crippen molar-refractivity contribution in [1.82, 2.24) is 16.0 Å². The molecule has 2 rings (SSSR count). The Hall–Kier alpha value is -3.80. The third-order valence-corrected chi connectivity index (χ3v) is 5.48. The Labute approximate surface area is 225 Å². The maximum Gasteiger partial charge on any atom is 0.405 e. The van der Waals surface area contributed by atoms with Gasteiger partial charge in [0, 0.05) is 11.1 Å². The predicted octanol–water partition coefficient (Wildman–Crippen LogP) is 4.23. The van der Waals surface area contributed by atoms with E-state index in [1.807, 2.05) is 0 Å². The summed E-state index contributed by atoms with van der Waals surface area (Å²) in [5, 5.41) is 5.93. The van der Waals surface area contributed by atoms with Crippen LogP contribution in [-0.2, 0) is 19.2 Å². The number of ketones is 1. The van der Waals surface area contributed by atoms with Gasteiger partial charge in [0.15, 0.2) is 0 Å². The lowest BCUT2D eigenvalue weighted by Gasteiger charge is -2.27. The summed E-state index contributed by atoms with van der Waals surface area (Å²) in [6, 6.07) is 10.8. The summed E-state index contributed by atoms with van der Waals surface area (Å²) >= 11 is 5.91. The number of benzene rings is 2. The van der Waals surface area contributed by atoms with E-state index in [2.05, 4.69) is 10.6 Å². The van der Waals surface area contributed by atoms with Crippen LogP contribution >= 0.6 is 11.6 Å². The van der Waals surface area contributed by atoms with Crippen molar-refractivity contribution < 1.29 is 41.1 Å². The largest absolute Gasteiger partial charge is 0.405 e. The van der Waals surface area contributed by atoms with Crippen molar-refractivity contribution in [2.75, 3.05) is 6.54 Å². The molecule has 0 aliphatic heterocycles. The molecule has 0 radical (unpaired) electrons. The van der Waals surface area contributed by atoms with Crippen molar-refractivity contribution in [1.29, 1.82) is 0 Å². The van der Waals surface area contributed by atoms with E-state index in [9.17, 15) is 41.1 Å². The molecule has 0 fully saturated rings. The normalized spacial score (nSPS) is 13.6. The molecule has 3 N–H and O–H groups in total. The van der Waals surface area contributed by atoms with Gasteiger partial charge in [-0.25, -0.2) is 0 Å². The van der Waals surface area contributed by atoms with Crippen LogP contribution in [0, 0.1) is 5.92 Å². The number of nitrogens with one attached hydrogen (secondary N) is 3. The molecule has 7 nitrogen and oxygen atoms in total. The average Bonchev–Trinajstić information content (AvgIpc) is 2.87. The van der Waals surface area contributed by atoms with Crippen molar-refractivity contribution in [3.8, 4) is 0 Å². The highest BCUT2D eigenvalue weighted by Crippen LogP contribution is 2.23. The molecule has 0 saturated heterocycles. The lowest BCUT2D eigenvalue weighted by molar-refractivity contribution is -0.165. The summed E-state index contributed by atoms with van der Waals surface area (Å²) in [5.41, 5.74) is 0.819. The van der Waals surface area contributed by atoms with Gasteiger partial charge in [-0.2, -0.15) is 22.0 Å². The fraction of sp³-hybridized carbons (Fsp3) is 0.308. The minimum Gasteiger partial charge on any atom is -0.344 e. The smallest absolute Gasteiger partial charge is 0.344 e. The van der Waals surface area contributed by atoms with Crippen LogP contribution in [-0.4, -0.2) is 48.2 Å². The van der Waals surface area contributed by atoms with Gasteiger partial charge >= 0.3 is 12.1 Å². The average molecular weight is 574 g/mol. The molecule has 13 heteroatoms. The summed E-state index contributed by atoms with van der Waals surface area (Å²) in [4.78, 5) is 50.0. The van der Waals surface area contributed by atoms with E-state index in [0.717, 1.165) is 11.4 Å². The standard InChI is InChI=1S/C26H25ClF5N3O4/c1-15(2)20(22(37)26(31,32)24(39)33-14-25(28,29)30)35-23(38)21(17-8-4-3-5-9-17)34-19(36)12-11-16-7-6-10-18(27)13-16/h3-13,15,20-21H,14H2,1-2H3,(H,33,39)(H,34,36)(H,35,38)/b12-11+/t20-,21-/m0/s1. The van der Waals surface area contributed by atoms with Crippen molar-refractivity contribution in [2.24, 2.45) is 5.92 Å². The summed E-state index contributed by atoms with van der Waals surface area (Å²) in [6.45, 7) is 0.505. The van der Waals surface area contributed by atoms with Gasteiger partial charge in [0.2, 0.25) is 17.6 Å². The van der Waals surface area contributed by atoms with E-state index in [1.54, 1.807) is 42.5 Å². The number of carbonyl (C=O) groups excluding carboxylic acids is 4. The Bertz CT molecular complexity index is 1220. The molecule has 0 unspecified atom stereocenters. The molecule has 0 spiro atoms. The monoisotopic (exact) mass is 573 g/mol. The molecule has 0 aliphatic rings. The van der Waals surface area contributed by atoms with E-state index in [1.165, 1.54) is 32.1 Å². The van der Waals surface area contributed by atoms with Gasteiger partial charge < -0.3 is 16.0 Å². The van der Waals surface area contributed by atoms with Crippen LogP contribution in [0.3, 0.4) is 0 Å². The van der Waals surface area contributed by atoms with Crippen molar-refractivity contribution in [2.45, 2.75) is 38.0 Å². The highest BCUT2D eigenvalue weighted by molar-refractivity contribution is 6.30. The lowest BCUT2D eigenvalue weighted by Crippen LogP contribution is -2.58. The topological polar surface area (TPSA) is 104 Å². The van der Waals surface area contributed by atoms with Crippen molar-refractivity contribution >= 4 is 41.2 Å². The second-order valence-electron chi connectivity index (χ2n) is 8.71. The Morgan fingerprint density at radius 2 is 1.56 bits per heavy atom. The number of hydrogen-bond acceptors (Lipinski definition) is 4. The number of Topliss-reactive ketones (excluding diaryl/α,β-unsaturated/α-hetero) is 1. The molecule has 3 amide bonds. The van der Waals surface area contributed by atoms with Gasteiger partial charge in [-0.15, -0.1) is 0 Å². The second kappa shape index (κ2) is 13.3. The van der Waals surface area contributed by atoms with E-state index >= 15 is 0 Å². The van der Waals surface area contributed by atoms with Gasteiger partial charge in [-0.3, -0.25) is 19.2 Å². The maximum atomic E-state index is 14.5. The summed E-state index contributed by atoms with van der Waals surface area (Å²) < 4.78 is 66.0. The van der Waals surface area contributed by atoms with Crippen LogP contribution in [0.2, 0.25) is 5.02 Å². The quantitative estimate of drug-likeness (QED) is 0.213. The molecule has 0 bridgehead atoms. The van der Waals surface area contributed by atoms with Gasteiger partial charge in [-0.1, -0.05) is 67.9 Å². The summed E-state index contributed by atoms with van der Waals surface area (Å²) in [6.07, 6.45) is -2.45. The van der Waals surface area contributed by atoms with Crippen LogP contribution in [0.15, 0.2) is 60.7 Å². The molecule has 0 aromatic heterocycles. The van der Waals surface area contributed by atoms with Gasteiger partial charge in [0.25, 0.3) is 5.91 Å². The number of alkyl halides is 5. The van der Waals surface area contributed by atoms with E-state index < -0.39 is 60.1 Å². The first-order valence-corrected chi connectivity index (χ1v) is 11.9. The van der Waals surface area contributed by atoms with Gasteiger partial charge in [-0.05, 0) is 35.3 Å². The molecule has 39 heavy (non-hydrogen) atoms. The fourth-order valence-electron chi connectivity index (χ4n) is 3.29. The zero-order valence-corrected chi connectivity index (χ0v) is 21.4. The van der Waals surface area contributed by atoms with Gasteiger partial charge in [0.1, 0.15) is 12.6 Å².